The van der Waals surface area contributed by atoms with E-state index in [2.05, 4.69) is 39.2 Å². The molecule has 0 spiro atoms. The molecule has 0 atom stereocenters. The number of nitrogens with zero attached hydrogens (tertiary/aromatic N) is 3. The lowest BCUT2D eigenvalue weighted by atomic mass is 9.88. The van der Waals surface area contributed by atoms with Gasteiger partial charge in [0.05, 0.1) is 24.2 Å². The van der Waals surface area contributed by atoms with Gasteiger partial charge in [-0.25, -0.2) is 4.98 Å². The van der Waals surface area contributed by atoms with Crippen LogP contribution in [0, 0.1) is 0 Å². The van der Waals surface area contributed by atoms with Crippen LogP contribution in [0.2, 0.25) is 5.02 Å². The maximum Gasteiger partial charge on any atom is 0.282 e. The van der Waals surface area contributed by atoms with Gasteiger partial charge in [0.15, 0.2) is 11.5 Å². The lowest BCUT2D eigenvalue weighted by Crippen LogP contribution is -2.25. The summed E-state index contributed by atoms with van der Waals surface area (Å²) in [7, 11) is 1.57. The van der Waals surface area contributed by atoms with Crippen LogP contribution in [0.15, 0.2) is 87.2 Å². The largest absolute Gasteiger partial charge is 0.493 e. The number of benzene rings is 4. The highest BCUT2D eigenvalue weighted by atomic mass is 79.9. The monoisotopic (exact) mass is 629 g/mol. The van der Waals surface area contributed by atoms with Crippen molar-refractivity contribution in [2.75, 3.05) is 7.11 Å². The maximum absolute atomic E-state index is 13.6. The van der Waals surface area contributed by atoms with Gasteiger partial charge in [-0.15, -0.1) is 0 Å². The zero-order chi connectivity index (χ0) is 28.3. The molecule has 6 rings (SSSR count). The molecule has 0 unspecified atom stereocenters. The Morgan fingerprint density at radius 3 is 2.56 bits per heavy atom. The Bertz CT molecular complexity index is 1820. The minimum absolute atomic E-state index is 0.184. The number of aromatic nitrogens is 2. The molecule has 0 saturated heterocycles. The summed E-state index contributed by atoms with van der Waals surface area (Å²) in [4.78, 5) is 18.5. The Morgan fingerprint density at radius 2 is 1.76 bits per heavy atom. The summed E-state index contributed by atoms with van der Waals surface area (Å²) in [6, 6.07) is 23.5. The average molecular weight is 631 g/mol. The molecule has 0 radical (unpaired) electrons. The highest BCUT2D eigenvalue weighted by Gasteiger charge is 2.23. The number of methoxy groups -OCH3 is 1. The Labute approximate surface area is 251 Å². The lowest BCUT2D eigenvalue weighted by Gasteiger charge is -2.22. The van der Waals surface area contributed by atoms with Gasteiger partial charge < -0.3 is 9.47 Å². The van der Waals surface area contributed by atoms with E-state index in [1.54, 1.807) is 25.5 Å². The topological polar surface area (TPSA) is 65.7 Å². The SMILES string of the molecule is COc1cc(C=Nn2c(C3CCCCC3)nc3ccccc3c2=O)c(Br)c(Cl)c1OCc1cccc2ccccc12. The van der Waals surface area contributed by atoms with Crippen molar-refractivity contribution in [3.63, 3.8) is 0 Å². The lowest BCUT2D eigenvalue weighted by molar-refractivity contribution is 0.285. The summed E-state index contributed by atoms with van der Waals surface area (Å²) in [6.07, 6.45) is 7.05. The molecule has 1 aromatic heterocycles. The van der Waals surface area contributed by atoms with Gasteiger partial charge in [0.25, 0.3) is 5.56 Å². The Kier molecular flexibility index (Phi) is 8.08. The number of hydrogen-bond acceptors (Lipinski definition) is 5. The van der Waals surface area contributed by atoms with E-state index in [1.807, 2.05) is 42.5 Å². The molecule has 1 heterocycles. The van der Waals surface area contributed by atoms with E-state index >= 15 is 0 Å². The van der Waals surface area contributed by atoms with Gasteiger partial charge in [-0.05, 0) is 63.3 Å². The van der Waals surface area contributed by atoms with Crippen molar-refractivity contribution in [2.45, 2.75) is 44.6 Å². The normalized spacial score (nSPS) is 14.2. The van der Waals surface area contributed by atoms with Crippen molar-refractivity contribution in [3.8, 4) is 11.5 Å². The van der Waals surface area contributed by atoms with E-state index in [0.717, 1.165) is 42.0 Å². The van der Waals surface area contributed by atoms with Crippen LogP contribution in [-0.2, 0) is 6.61 Å². The molecule has 41 heavy (non-hydrogen) atoms. The molecule has 1 fully saturated rings. The Balaban J connectivity index is 1.36. The molecule has 0 N–H and O–H groups in total. The molecular formula is C33H29BrClN3O3. The molecule has 1 saturated carbocycles. The minimum Gasteiger partial charge on any atom is -0.493 e. The molecule has 5 aromatic rings. The highest BCUT2D eigenvalue weighted by molar-refractivity contribution is 9.10. The van der Waals surface area contributed by atoms with E-state index in [1.165, 1.54) is 11.1 Å². The van der Waals surface area contributed by atoms with Crippen LogP contribution in [-0.4, -0.2) is 23.0 Å². The molecule has 0 amide bonds. The van der Waals surface area contributed by atoms with Crippen LogP contribution < -0.4 is 15.0 Å². The van der Waals surface area contributed by atoms with Gasteiger partial charge in [0.1, 0.15) is 17.5 Å². The number of ether oxygens (including phenoxy) is 2. The molecule has 0 bridgehead atoms. The van der Waals surface area contributed by atoms with Gasteiger partial charge in [-0.1, -0.05) is 85.5 Å². The van der Waals surface area contributed by atoms with E-state index in [0.29, 0.717) is 49.9 Å². The summed E-state index contributed by atoms with van der Waals surface area (Å²) in [5.41, 5.74) is 2.21. The van der Waals surface area contributed by atoms with Crippen LogP contribution in [0.1, 0.15) is 55.0 Å². The predicted molar refractivity (Wildman–Crippen MR) is 169 cm³/mol. The first-order valence-electron chi connectivity index (χ1n) is 13.8. The first-order valence-corrected chi connectivity index (χ1v) is 14.9. The third kappa shape index (κ3) is 5.48. The van der Waals surface area contributed by atoms with Crippen molar-refractivity contribution >= 4 is 55.4 Å². The van der Waals surface area contributed by atoms with Crippen molar-refractivity contribution < 1.29 is 9.47 Å². The quantitative estimate of drug-likeness (QED) is 0.169. The summed E-state index contributed by atoms with van der Waals surface area (Å²) in [5, 5.41) is 7.83. The van der Waals surface area contributed by atoms with Crippen LogP contribution in [0.4, 0.5) is 0 Å². The van der Waals surface area contributed by atoms with Crippen LogP contribution >= 0.6 is 27.5 Å². The van der Waals surface area contributed by atoms with Gasteiger partial charge in [0, 0.05) is 16.0 Å². The predicted octanol–water partition coefficient (Wildman–Crippen LogP) is 8.48. The molecule has 1 aliphatic rings. The van der Waals surface area contributed by atoms with Crippen LogP contribution in [0.5, 0.6) is 11.5 Å². The smallest absolute Gasteiger partial charge is 0.282 e. The summed E-state index contributed by atoms with van der Waals surface area (Å²) in [6.45, 7) is 0.320. The van der Waals surface area contributed by atoms with Gasteiger partial charge >= 0.3 is 0 Å². The van der Waals surface area contributed by atoms with E-state index in [9.17, 15) is 4.79 Å². The summed E-state index contributed by atoms with van der Waals surface area (Å²) < 4.78 is 13.9. The minimum atomic E-state index is -0.184. The molecule has 1 aliphatic carbocycles. The fourth-order valence-electron chi connectivity index (χ4n) is 5.55. The van der Waals surface area contributed by atoms with Crippen molar-refractivity contribution in [1.29, 1.82) is 0 Å². The van der Waals surface area contributed by atoms with Crippen LogP contribution in [0.25, 0.3) is 21.7 Å². The van der Waals surface area contributed by atoms with Crippen LogP contribution in [0.3, 0.4) is 0 Å². The van der Waals surface area contributed by atoms with Crippen molar-refractivity contribution in [3.05, 3.63) is 110 Å². The van der Waals surface area contributed by atoms with E-state index < -0.39 is 0 Å². The van der Waals surface area contributed by atoms with Crippen molar-refractivity contribution in [1.82, 2.24) is 9.66 Å². The van der Waals surface area contributed by atoms with Crippen molar-refractivity contribution in [2.24, 2.45) is 5.10 Å². The zero-order valence-electron chi connectivity index (χ0n) is 22.6. The summed E-state index contributed by atoms with van der Waals surface area (Å²) >= 11 is 10.4. The van der Waals surface area contributed by atoms with Gasteiger partial charge in [0.2, 0.25) is 0 Å². The van der Waals surface area contributed by atoms with E-state index in [-0.39, 0.29) is 11.5 Å². The average Bonchev–Trinajstić information content (AvgIpc) is 3.02. The molecule has 4 aromatic carbocycles. The third-order valence-electron chi connectivity index (χ3n) is 7.69. The second kappa shape index (κ2) is 12.0. The number of rotatable bonds is 7. The van der Waals surface area contributed by atoms with E-state index in [4.69, 9.17) is 26.1 Å². The molecule has 208 valence electrons. The second-order valence-electron chi connectivity index (χ2n) is 10.2. The third-order valence-corrected chi connectivity index (χ3v) is 9.13. The summed E-state index contributed by atoms with van der Waals surface area (Å²) in [5.74, 6) is 1.79. The fraction of sp³-hybridized carbons (Fsp3) is 0.242. The Hall–Kier alpha value is -3.68. The zero-order valence-corrected chi connectivity index (χ0v) is 25.0. The highest BCUT2D eigenvalue weighted by Crippen LogP contribution is 2.43. The molecule has 0 aliphatic heterocycles. The van der Waals surface area contributed by atoms with Gasteiger partial charge in [-0.3, -0.25) is 4.79 Å². The fourth-order valence-corrected chi connectivity index (χ4v) is 6.20. The Morgan fingerprint density at radius 1 is 1.02 bits per heavy atom. The number of halogens is 2. The number of para-hydroxylation sites is 1. The second-order valence-corrected chi connectivity index (χ2v) is 11.4. The molecule has 6 nitrogen and oxygen atoms in total. The maximum atomic E-state index is 13.6. The van der Waals surface area contributed by atoms with Gasteiger partial charge in [-0.2, -0.15) is 9.78 Å². The standard InChI is InChI=1S/C33H29BrClN3O3/c1-40-28-18-24(29(34)30(35)31(28)41-20-23-14-9-13-21-10-5-6-15-25(21)23)19-36-38-32(22-11-3-2-4-12-22)37-27-17-8-7-16-26(27)33(38)39/h5-10,13-19,22H,2-4,11-12,20H2,1H3. The number of hydrogen-bond donors (Lipinski definition) is 0. The first-order chi connectivity index (χ1) is 20.0. The first kappa shape index (κ1) is 27.5. The number of fused-ring (bicyclic) bond motifs is 2. The molecular weight excluding hydrogens is 602 g/mol. The molecule has 8 heteroatoms.